The number of nitrogens with one attached hydrogen (secondary N) is 4. The summed E-state index contributed by atoms with van der Waals surface area (Å²) in [5.41, 5.74) is 6.68. The van der Waals surface area contributed by atoms with Gasteiger partial charge in [0.05, 0.1) is 22.7 Å². The number of benzene rings is 2. The van der Waals surface area contributed by atoms with Crippen molar-refractivity contribution in [2.45, 2.75) is 32.6 Å². The Morgan fingerprint density at radius 1 is 0.960 bits per heavy atom. The van der Waals surface area contributed by atoms with E-state index in [4.69, 9.17) is 0 Å². The lowest BCUT2D eigenvalue weighted by Crippen LogP contribution is -2.34. The summed E-state index contributed by atoms with van der Waals surface area (Å²) < 4.78 is 0. The molecule has 2 aliphatic rings. The summed E-state index contributed by atoms with van der Waals surface area (Å²) in [5, 5.41) is 14.4. The topological polar surface area (TPSA) is 48.1 Å². The van der Waals surface area contributed by atoms with Crippen LogP contribution in [0.2, 0.25) is 0 Å². The van der Waals surface area contributed by atoms with E-state index in [0.29, 0.717) is 0 Å². The van der Waals surface area contributed by atoms with Crippen LogP contribution in [0.1, 0.15) is 26.3 Å². The van der Waals surface area contributed by atoms with Gasteiger partial charge >= 0.3 is 0 Å². The van der Waals surface area contributed by atoms with Crippen molar-refractivity contribution in [3.05, 3.63) is 71.8 Å². The van der Waals surface area contributed by atoms with Crippen molar-refractivity contribution in [2.24, 2.45) is 0 Å². The Kier molecular flexibility index (Phi) is 3.68. The molecule has 4 nitrogen and oxygen atoms in total. The minimum Gasteiger partial charge on any atom is -0.360 e. The van der Waals surface area contributed by atoms with E-state index in [1.54, 1.807) is 0 Å². The number of hydrogen-bond acceptors (Lipinski definition) is 4. The number of allylic oxidation sites excluding steroid dienone is 3. The van der Waals surface area contributed by atoms with Crippen molar-refractivity contribution in [1.82, 2.24) is 0 Å². The van der Waals surface area contributed by atoms with Crippen LogP contribution in [-0.2, 0) is 5.66 Å². The molecule has 0 spiro atoms. The number of hydrogen-bond donors (Lipinski definition) is 4. The van der Waals surface area contributed by atoms with Crippen LogP contribution in [0.4, 0.5) is 22.7 Å². The van der Waals surface area contributed by atoms with Crippen molar-refractivity contribution in [3.8, 4) is 0 Å². The summed E-state index contributed by atoms with van der Waals surface area (Å²) in [7, 11) is 0. The van der Waals surface area contributed by atoms with Crippen LogP contribution in [0, 0.1) is 0 Å². The second-order valence-corrected chi connectivity index (χ2v) is 6.84. The molecule has 2 heterocycles. The van der Waals surface area contributed by atoms with Crippen LogP contribution < -0.4 is 21.3 Å². The molecular formula is C21H24N4. The monoisotopic (exact) mass is 332 g/mol. The normalized spacial score (nSPS) is 18.1. The van der Waals surface area contributed by atoms with Gasteiger partial charge in [-0.3, -0.25) is 0 Å². The largest absolute Gasteiger partial charge is 0.360 e. The molecule has 0 amide bonds. The molecule has 2 aromatic carbocycles. The van der Waals surface area contributed by atoms with Crippen molar-refractivity contribution < 1.29 is 0 Å². The van der Waals surface area contributed by atoms with Crippen LogP contribution >= 0.6 is 0 Å². The van der Waals surface area contributed by atoms with Crippen molar-refractivity contribution >= 4 is 22.7 Å². The standard InChI is InChI=1S/C21H24N4/c1-4-5-9-14(2)20-22-16-12-18-19(13-17(16)23-20)25-21(3,24-18)15-10-7-6-8-11-15/h4-13,20,22-25H,1-3H3. The highest BCUT2D eigenvalue weighted by Gasteiger charge is 2.35. The first-order valence-corrected chi connectivity index (χ1v) is 8.71. The second kappa shape index (κ2) is 5.88. The first-order valence-electron chi connectivity index (χ1n) is 8.71. The highest BCUT2D eigenvalue weighted by Crippen LogP contribution is 2.45. The van der Waals surface area contributed by atoms with Gasteiger partial charge in [0.25, 0.3) is 0 Å². The predicted octanol–water partition coefficient (Wildman–Crippen LogP) is 5.08. The zero-order valence-electron chi connectivity index (χ0n) is 14.9. The van der Waals surface area contributed by atoms with E-state index in [0.717, 1.165) is 22.7 Å². The fourth-order valence-electron chi connectivity index (χ4n) is 3.45. The summed E-state index contributed by atoms with van der Waals surface area (Å²) in [5.74, 6) is 0. The molecule has 0 bridgehead atoms. The molecular weight excluding hydrogens is 308 g/mol. The van der Waals surface area contributed by atoms with Gasteiger partial charge in [0, 0.05) is 0 Å². The second-order valence-electron chi connectivity index (χ2n) is 6.84. The molecule has 2 aromatic rings. The maximum atomic E-state index is 3.63. The minimum atomic E-state index is -0.292. The third kappa shape index (κ3) is 2.74. The Balaban J connectivity index is 1.58. The molecule has 0 saturated carbocycles. The Bertz CT molecular complexity index is 817. The average Bonchev–Trinajstić information content (AvgIpc) is 3.18. The van der Waals surface area contributed by atoms with E-state index < -0.39 is 0 Å². The summed E-state index contributed by atoms with van der Waals surface area (Å²) >= 11 is 0. The van der Waals surface area contributed by atoms with Gasteiger partial charge in [0.1, 0.15) is 11.8 Å². The average molecular weight is 332 g/mol. The van der Waals surface area contributed by atoms with Gasteiger partial charge < -0.3 is 21.3 Å². The fraction of sp³-hybridized carbons (Fsp3) is 0.238. The first-order chi connectivity index (χ1) is 12.1. The van der Waals surface area contributed by atoms with Gasteiger partial charge in [-0.05, 0) is 44.0 Å². The van der Waals surface area contributed by atoms with Gasteiger partial charge in [-0.25, -0.2) is 0 Å². The van der Waals surface area contributed by atoms with E-state index >= 15 is 0 Å². The Morgan fingerprint density at radius 2 is 1.56 bits per heavy atom. The Labute approximate surface area is 149 Å². The lowest BCUT2D eigenvalue weighted by molar-refractivity contribution is 0.651. The van der Waals surface area contributed by atoms with Gasteiger partial charge in [0.2, 0.25) is 0 Å². The molecule has 0 unspecified atom stereocenters. The highest BCUT2D eigenvalue weighted by molar-refractivity contribution is 5.90. The van der Waals surface area contributed by atoms with E-state index in [1.807, 2.05) is 19.1 Å². The van der Waals surface area contributed by atoms with Crippen LogP contribution in [0.3, 0.4) is 0 Å². The molecule has 4 rings (SSSR count). The lowest BCUT2D eigenvalue weighted by Gasteiger charge is -2.26. The zero-order chi connectivity index (χ0) is 17.4. The Morgan fingerprint density at radius 3 is 2.12 bits per heavy atom. The van der Waals surface area contributed by atoms with E-state index in [-0.39, 0.29) is 11.8 Å². The molecule has 0 aromatic heterocycles. The van der Waals surface area contributed by atoms with Gasteiger partial charge in [-0.1, -0.05) is 48.6 Å². The maximum absolute atomic E-state index is 3.63. The van der Waals surface area contributed by atoms with E-state index in [2.05, 4.69) is 83.7 Å². The zero-order valence-corrected chi connectivity index (χ0v) is 14.9. The molecule has 0 saturated heterocycles. The summed E-state index contributed by atoms with van der Waals surface area (Å²) in [6.45, 7) is 6.33. The van der Waals surface area contributed by atoms with Crippen LogP contribution in [0.5, 0.6) is 0 Å². The number of fused-ring (bicyclic) bond motifs is 2. The van der Waals surface area contributed by atoms with Gasteiger partial charge in [-0.2, -0.15) is 0 Å². The summed E-state index contributed by atoms with van der Waals surface area (Å²) in [6.07, 6.45) is 6.37. The van der Waals surface area contributed by atoms with Crippen molar-refractivity contribution in [3.63, 3.8) is 0 Å². The molecule has 4 heteroatoms. The number of anilines is 4. The third-order valence-corrected chi connectivity index (χ3v) is 4.88. The molecule has 128 valence electrons. The molecule has 25 heavy (non-hydrogen) atoms. The van der Waals surface area contributed by atoms with Crippen LogP contribution in [0.25, 0.3) is 0 Å². The van der Waals surface area contributed by atoms with Crippen LogP contribution in [-0.4, -0.2) is 6.17 Å². The van der Waals surface area contributed by atoms with E-state index in [9.17, 15) is 0 Å². The minimum absolute atomic E-state index is 0.134. The third-order valence-electron chi connectivity index (χ3n) is 4.88. The fourth-order valence-corrected chi connectivity index (χ4v) is 3.45. The maximum Gasteiger partial charge on any atom is 0.131 e. The SMILES string of the molecule is CC=CC=C(C)C1Nc2cc3c(cc2N1)NC(C)(c1ccccc1)N3. The molecule has 0 radical (unpaired) electrons. The Hall–Kier alpha value is -2.88. The quantitative estimate of drug-likeness (QED) is 0.592. The smallest absolute Gasteiger partial charge is 0.131 e. The highest BCUT2D eigenvalue weighted by atomic mass is 15.3. The van der Waals surface area contributed by atoms with Gasteiger partial charge in [-0.15, -0.1) is 0 Å². The lowest BCUT2D eigenvalue weighted by atomic mass is 10.0. The summed E-state index contributed by atoms with van der Waals surface area (Å²) in [6, 6.07) is 14.8. The van der Waals surface area contributed by atoms with Crippen LogP contribution in [0.15, 0.2) is 66.3 Å². The molecule has 4 N–H and O–H groups in total. The first kappa shape index (κ1) is 15.6. The van der Waals surface area contributed by atoms with Gasteiger partial charge in [0.15, 0.2) is 0 Å². The molecule has 0 atom stereocenters. The number of rotatable bonds is 3. The molecule has 2 aliphatic heterocycles. The van der Waals surface area contributed by atoms with Crippen molar-refractivity contribution in [2.75, 3.05) is 21.3 Å². The van der Waals surface area contributed by atoms with Crippen molar-refractivity contribution in [1.29, 1.82) is 0 Å². The van der Waals surface area contributed by atoms with E-state index in [1.165, 1.54) is 11.1 Å². The molecule has 0 aliphatic carbocycles. The predicted molar refractivity (Wildman–Crippen MR) is 107 cm³/mol. The molecule has 0 fully saturated rings. The summed E-state index contributed by atoms with van der Waals surface area (Å²) in [4.78, 5) is 0.